The summed E-state index contributed by atoms with van der Waals surface area (Å²) in [4.78, 5) is 107. The number of hydrogen-bond donors (Lipinski definition) is 1. The van der Waals surface area contributed by atoms with Gasteiger partial charge in [0.15, 0.2) is 17.1 Å². The molecule has 0 bridgehead atoms. The lowest BCUT2D eigenvalue weighted by Crippen LogP contribution is -2.50. The number of halogens is 15. The van der Waals surface area contributed by atoms with Gasteiger partial charge in [-0.3, -0.25) is 19.3 Å². The fourth-order valence-corrected chi connectivity index (χ4v) is 14.7. The number of allylic oxidation sites excluding steroid dienone is 4. The first-order valence-corrected chi connectivity index (χ1v) is 41.6. The van der Waals surface area contributed by atoms with Crippen LogP contribution in [0.2, 0.25) is 0 Å². The molecule has 0 radical (unpaired) electrons. The van der Waals surface area contributed by atoms with Crippen LogP contribution in [-0.4, -0.2) is 179 Å². The van der Waals surface area contributed by atoms with Crippen molar-refractivity contribution in [3.63, 3.8) is 0 Å². The third-order valence-corrected chi connectivity index (χ3v) is 20.5. The second-order valence-corrected chi connectivity index (χ2v) is 36.4. The van der Waals surface area contributed by atoms with Crippen molar-refractivity contribution in [3.8, 4) is 34.9 Å². The van der Waals surface area contributed by atoms with Gasteiger partial charge >= 0.3 is 66.8 Å². The smallest absolute Gasteiger partial charge is 0.471 e. The van der Waals surface area contributed by atoms with E-state index in [-0.39, 0.29) is 98.9 Å². The maximum atomic E-state index is 15.3. The van der Waals surface area contributed by atoms with E-state index in [1.807, 2.05) is 0 Å². The zero-order chi connectivity index (χ0) is 97.7. The van der Waals surface area contributed by atoms with E-state index in [0.29, 0.717) is 24.6 Å². The van der Waals surface area contributed by atoms with E-state index in [1.54, 1.807) is 131 Å². The SMILES string of the molecule is C.C.C=CC(F)(F)c1nc2ccc(OC(F)(F)F)cc2nc1O[C@H]1CN(C(=O)OC(C)(C)C)[C@H](C(=O)OC(C)(C)C)[C@@H]1CC.C=CC(F)(F)c1nc2ccc(OC(F)(F)F)cc2nc1O[C@H]1CN[C@H](C(=O)OC(C)(C)C)[C@@H]1CC.C=CCC[C@@H]1C[C@H]1OC(=O)C[C@H](C(=O)N1C[C@H](Oc2nc3cc(OC(F)(F)F)ccc3nc2C(F)(F)C=C)[C@@H](CC)[C@H]1C(=O)OC(C)(C)C)C(C)(C)C. The van der Waals surface area contributed by atoms with Gasteiger partial charge in [-0.1, -0.05) is 82.2 Å². The minimum atomic E-state index is -5.03. The maximum absolute atomic E-state index is 15.3. The van der Waals surface area contributed by atoms with Crippen LogP contribution in [0.3, 0.4) is 0 Å². The van der Waals surface area contributed by atoms with E-state index < -0.39 is 213 Å². The van der Waals surface area contributed by atoms with Crippen LogP contribution in [0, 0.1) is 35.0 Å². The first-order valence-electron chi connectivity index (χ1n) is 41.6. The zero-order valence-electron chi connectivity index (χ0n) is 75.0. The number of carbonyl (C=O) groups excluding carboxylic acids is 6. The van der Waals surface area contributed by atoms with Gasteiger partial charge in [0.1, 0.15) is 82.2 Å². The summed E-state index contributed by atoms with van der Waals surface area (Å²) in [5.41, 5.74) is -8.14. The topological polar surface area (TPSA) is 300 Å². The third-order valence-electron chi connectivity index (χ3n) is 20.5. The van der Waals surface area contributed by atoms with E-state index in [4.69, 9.17) is 37.9 Å². The first-order chi connectivity index (χ1) is 59.7. The number of esters is 4. The van der Waals surface area contributed by atoms with Crippen LogP contribution in [-0.2, 0) is 65.4 Å². The molecule has 6 aromatic rings. The molecule has 41 heteroatoms. The number of ether oxygens (including phenoxy) is 11. The summed E-state index contributed by atoms with van der Waals surface area (Å²) in [5, 5.41) is 2.99. The van der Waals surface area contributed by atoms with Crippen molar-refractivity contribution in [2.45, 2.75) is 286 Å². The van der Waals surface area contributed by atoms with Crippen LogP contribution < -0.4 is 33.7 Å². The summed E-state index contributed by atoms with van der Waals surface area (Å²) in [5.74, 6) is -21.1. The number of likely N-dealkylation sites (tertiary alicyclic amines) is 2. The Bertz CT molecular complexity index is 5120. The second kappa shape index (κ2) is 42.0. The summed E-state index contributed by atoms with van der Waals surface area (Å²) in [6.07, 6.45) is -13.3. The van der Waals surface area contributed by atoms with Gasteiger partial charge in [-0.05, 0) is 188 Å². The quantitative estimate of drug-likeness (QED) is 0.0206. The van der Waals surface area contributed by atoms with Gasteiger partial charge < -0.3 is 62.3 Å². The predicted octanol–water partition coefficient (Wildman–Crippen LogP) is 20.8. The molecule has 6 heterocycles. The number of carbonyl (C=O) groups is 6. The van der Waals surface area contributed by atoms with E-state index in [0.717, 1.165) is 78.8 Å². The van der Waals surface area contributed by atoms with Crippen molar-refractivity contribution in [2.24, 2.45) is 35.0 Å². The molecule has 1 N–H and O–H groups in total. The third kappa shape index (κ3) is 29.5. The van der Waals surface area contributed by atoms with Gasteiger partial charge in [-0.15, -0.1) is 46.1 Å². The molecule has 12 atom stereocenters. The lowest BCUT2D eigenvalue weighted by molar-refractivity contribution is -0.275. The molecule has 0 unspecified atom stereocenters. The predicted molar refractivity (Wildman–Crippen MR) is 456 cm³/mol. The van der Waals surface area contributed by atoms with E-state index in [9.17, 15) is 85.8 Å². The molecule has 2 amide bonds. The molecule has 1 aliphatic carbocycles. The molecule has 26 nitrogen and oxygen atoms in total. The number of hydrogen-bond acceptors (Lipinski definition) is 24. The Kier molecular flexibility index (Phi) is 34.9. The zero-order valence-corrected chi connectivity index (χ0v) is 75.0. The van der Waals surface area contributed by atoms with Gasteiger partial charge in [-0.25, -0.2) is 44.3 Å². The average molecular weight is 1890 g/mol. The van der Waals surface area contributed by atoms with Gasteiger partial charge in [0.05, 0.1) is 58.5 Å². The van der Waals surface area contributed by atoms with Crippen molar-refractivity contribution in [1.82, 2.24) is 45.0 Å². The molecule has 1 saturated carbocycles. The van der Waals surface area contributed by atoms with Crippen LogP contribution in [0.15, 0.2) is 105 Å². The maximum Gasteiger partial charge on any atom is 0.573 e. The van der Waals surface area contributed by atoms with Gasteiger partial charge in [0.25, 0.3) is 0 Å². The number of rotatable bonds is 28. The standard InChI is InChI=1S/C38H48F5N3O7.C28H34F5N3O6.C23H26F5N3O4.2CH4/c1-10-13-14-21-17-27(21)50-29(47)19-24(35(4,5)6)33(48)46-20-28(23(11-2)30(46)34(49)53-36(7,8)9)51-32-31(37(39,40)12-3)44-25-16-15-22(18-26(25)45-32)52-38(41,42)43;1-9-16-19(14-36(24(38)42-26(6,7)8)20(16)23(37)41-25(3,4)5)39-22-21(27(29,30)10-2)34-17-12-11-15(13-18(17)35-22)40-28(31,32)33;1-6-13-16(11-29-17(13)20(32)35-21(3,4)5)33-19-18(22(24,25)7-2)30-14-9-8-12(10-15(14)31-19)34-23(26,27)28;;/h10,12,15-16,18,21,23-24,27-28,30H,1,3,11,13-14,17,19-20H2,2,4-9H3;10-13,16,19-20H,2,9,14H2,1,3-8H3;7-10,13,16-17,29H,2,6,11H2,1,3-5H3;2*1H4/t21-,23-,24-,27-,28+,30+;16-,19+,20+;13-,16+,17+;;/m111../s1. The molecule has 3 saturated heterocycles. The number of amides is 2. The highest BCUT2D eigenvalue weighted by molar-refractivity contribution is 5.90. The highest BCUT2D eigenvalue weighted by Crippen LogP contribution is 2.46. The average Bonchev–Trinajstić information content (AvgIpc) is 1.54. The van der Waals surface area contributed by atoms with Crippen LogP contribution >= 0.6 is 0 Å². The highest BCUT2D eigenvalue weighted by atomic mass is 19.4. The number of alkyl halides is 15. The number of fused-ring (bicyclic) bond motifs is 3. The molecule has 3 aromatic carbocycles. The number of benzene rings is 3. The normalized spacial score (nSPS) is 21.0. The van der Waals surface area contributed by atoms with E-state index >= 15 is 8.78 Å². The Morgan fingerprint density at radius 3 is 1.11 bits per heavy atom. The van der Waals surface area contributed by atoms with Gasteiger partial charge in [0, 0.05) is 42.5 Å². The molecule has 0 spiro atoms. The Morgan fingerprint density at radius 2 is 0.788 bits per heavy atom. The van der Waals surface area contributed by atoms with Crippen molar-refractivity contribution in [1.29, 1.82) is 0 Å². The fourth-order valence-electron chi connectivity index (χ4n) is 14.7. The molecule has 10 rings (SSSR count). The summed E-state index contributed by atoms with van der Waals surface area (Å²) in [6.45, 7) is 43.3. The van der Waals surface area contributed by atoms with Crippen LogP contribution in [0.5, 0.6) is 34.9 Å². The summed E-state index contributed by atoms with van der Waals surface area (Å²) in [7, 11) is 0. The highest BCUT2D eigenvalue weighted by Gasteiger charge is 2.56. The molecular weight excluding hydrogens is 1780 g/mol. The van der Waals surface area contributed by atoms with Crippen molar-refractivity contribution < 1.29 is 147 Å². The first kappa shape index (κ1) is 110. The lowest BCUT2D eigenvalue weighted by atomic mass is 9.77. The lowest BCUT2D eigenvalue weighted by Gasteiger charge is -2.35. The molecule has 4 aliphatic rings. The number of nitrogens with one attached hydrogen (secondary N) is 1. The molecule has 3 aliphatic heterocycles. The van der Waals surface area contributed by atoms with Gasteiger partial charge in [-0.2, -0.15) is 26.3 Å². The monoisotopic (exact) mass is 1890 g/mol. The fraction of sp³-hybridized carbons (Fsp3) is 0.582. The minimum absolute atomic E-state index is 0. The molecule has 732 valence electrons. The summed E-state index contributed by atoms with van der Waals surface area (Å²) in [6, 6.07) is 5.42. The minimum Gasteiger partial charge on any atom is -0.471 e. The second-order valence-electron chi connectivity index (χ2n) is 36.4. The van der Waals surface area contributed by atoms with Crippen LogP contribution in [0.1, 0.15) is 202 Å². The molecule has 3 aromatic heterocycles. The Hall–Kier alpha value is -11.0. The number of nitrogens with zero attached hydrogens (tertiary/aromatic N) is 8. The number of aromatic nitrogens is 6. The van der Waals surface area contributed by atoms with E-state index in [1.165, 1.54) is 4.90 Å². The van der Waals surface area contributed by atoms with Crippen LogP contribution in [0.4, 0.5) is 70.7 Å². The van der Waals surface area contributed by atoms with Crippen molar-refractivity contribution >= 4 is 69.0 Å². The molecule has 4 fully saturated rings. The van der Waals surface area contributed by atoms with E-state index in [2.05, 4.69) is 75.7 Å². The molecular formula is C91H116F15N9O17. The summed E-state index contributed by atoms with van der Waals surface area (Å²) < 4.78 is 262. The molecule has 132 heavy (non-hydrogen) atoms. The summed E-state index contributed by atoms with van der Waals surface area (Å²) >= 11 is 0. The Balaban J connectivity index is 0.000000309. The Morgan fingerprint density at radius 1 is 0.447 bits per heavy atom. The van der Waals surface area contributed by atoms with Gasteiger partial charge in [0.2, 0.25) is 23.5 Å². The van der Waals surface area contributed by atoms with Crippen LogP contribution in [0.25, 0.3) is 33.1 Å². The van der Waals surface area contributed by atoms with Crippen molar-refractivity contribution in [3.05, 3.63) is 122 Å². The van der Waals surface area contributed by atoms with Crippen molar-refractivity contribution in [2.75, 3.05) is 19.6 Å². The largest absolute Gasteiger partial charge is 0.573 e. The Labute approximate surface area is 755 Å².